The van der Waals surface area contributed by atoms with Crippen molar-refractivity contribution in [2.45, 2.75) is 26.4 Å². The van der Waals surface area contributed by atoms with E-state index in [9.17, 15) is 0 Å². The standard InChI is InChI=1S/C23H27ClN4O2/c1-2-29-21-10-6-19(7-11-21)23-25-22(30-26-23)17-28-13-3-12-27(14-15-28)16-18-4-8-20(24)9-5-18/h4-11H,2-3,12-17H2,1H3. The van der Waals surface area contributed by atoms with E-state index < -0.39 is 0 Å². The molecule has 1 aliphatic heterocycles. The summed E-state index contributed by atoms with van der Waals surface area (Å²) >= 11 is 5.99. The van der Waals surface area contributed by atoms with E-state index in [4.69, 9.17) is 20.9 Å². The molecule has 4 rings (SSSR count). The maximum absolute atomic E-state index is 5.99. The molecule has 0 amide bonds. The van der Waals surface area contributed by atoms with E-state index in [1.807, 2.05) is 43.3 Å². The zero-order valence-corrected chi connectivity index (χ0v) is 18.0. The van der Waals surface area contributed by atoms with Crippen LogP contribution in [0.1, 0.15) is 24.8 Å². The van der Waals surface area contributed by atoms with Crippen molar-refractivity contribution in [1.82, 2.24) is 19.9 Å². The number of nitrogens with zero attached hydrogens (tertiary/aromatic N) is 4. The van der Waals surface area contributed by atoms with E-state index in [2.05, 4.69) is 32.1 Å². The van der Waals surface area contributed by atoms with Crippen LogP contribution in [0.2, 0.25) is 5.02 Å². The van der Waals surface area contributed by atoms with Gasteiger partial charge in [0.2, 0.25) is 11.7 Å². The first-order chi connectivity index (χ1) is 14.7. The minimum Gasteiger partial charge on any atom is -0.494 e. The highest BCUT2D eigenvalue weighted by Crippen LogP contribution is 2.21. The van der Waals surface area contributed by atoms with Crippen LogP contribution in [0.5, 0.6) is 5.75 Å². The molecule has 0 atom stereocenters. The maximum atomic E-state index is 5.99. The summed E-state index contributed by atoms with van der Waals surface area (Å²) in [6, 6.07) is 15.9. The third-order valence-corrected chi connectivity index (χ3v) is 5.50. The molecular weight excluding hydrogens is 400 g/mol. The molecule has 0 radical (unpaired) electrons. The van der Waals surface area contributed by atoms with Gasteiger partial charge < -0.3 is 9.26 Å². The lowest BCUT2D eigenvalue weighted by Crippen LogP contribution is -2.30. The number of hydrogen-bond acceptors (Lipinski definition) is 6. The molecule has 1 aliphatic rings. The molecule has 0 spiro atoms. The van der Waals surface area contributed by atoms with E-state index in [0.717, 1.165) is 55.5 Å². The molecular formula is C23H27ClN4O2. The Labute approximate surface area is 182 Å². The average molecular weight is 427 g/mol. The quantitative estimate of drug-likeness (QED) is 0.554. The molecule has 158 valence electrons. The highest BCUT2D eigenvalue weighted by atomic mass is 35.5. The normalized spacial score (nSPS) is 15.8. The fraction of sp³-hybridized carbons (Fsp3) is 0.391. The van der Waals surface area contributed by atoms with Gasteiger partial charge in [-0.2, -0.15) is 4.98 Å². The molecule has 30 heavy (non-hydrogen) atoms. The number of rotatable bonds is 7. The summed E-state index contributed by atoms with van der Waals surface area (Å²) in [5.74, 6) is 2.12. The summed E-state index contributed by atoms with van der Waals surface area (Å²) in [4.78, 5) is 9.46. The zero-order chi connectivity index (χ0) is 20.8. The Bertz CT molecular complexity index is 927. The molecule has 0 saturated carbocycles. The second kappa shape index (κ2) is 10.1. The maximum Gasteiger partial charge on any atom is 0.241 e. The van der Waals surface area contributed by atoms with Crippen LogP contribution in [0.4, 0.5) is 0 Å². The van der Waals surface area contributed by atoms with Crippen LogP contribution in [0.25, 0.3) is 11.4 Å². The van der Waals surface area contributed by atoms with Crippen molar-refractivity contribution in [3.63, 3.8) is 0 Å². The lowest BCUT2D eigenvalue weighted by Gasteiger charge is -2.21. The molecule has 0 unspecified atom stereocenters. The van der Waals surface area contributed by atoms with Crippen LogP contribution in [-0.2, 0) is 13.1 Å². The number of benzene rings is 2. The third-order valence-electron chi connectivity index (χ3n) is 5.25. The van der Waals surface area contributed by atoms with Gasteiger partial charge in [-0.1, -0.05) is 28.9 Å². The fourth-order valence-corrected chi connectivity index (χ4v) is 3.81. The number of ether oxygens (including phenoxy) is 1. The summed E-state index contributed by atoms with van der Waals surface area (Å²) in [5.41, 5.74) is 2.23. The Morgan fingerprint density at radius 2 is 1.63 bits per heavy atom. The van der Waals surface area contributed by atoms with Gasteiger partial charge >= 0.3 is 0 Å². The minimum atomic E-state index is 0.618. The van der Waals surface area contributed by atoms with Gasteiger partial charge in [0.1, 0.15) is 5.75 Å². The van der Waals surface area contributed by atoms with Crippen LogP contribution < -0.4 is 4.74 Å². The van der Waals surface area contributed by atoms with Crippen molar-refractivity contribution in [3.05, 3.63) is 65.0 Å². The van der Waals surface area contributed by atoms with Crippen molar-refractivity contribution in [3.8, 4) is 17.1 Å². The molecule has 6 nitrogen and oxygen atoms in total. The molecule has 2 heterocycles. The van der Waals surface area contributed by atoms with Crippen LogP contribution in [0.3, 0.4) is 0 Å². The summed E-state index contributed by atoms with van der Waals surface area (Å²) in [6.45, 7) is 8.36. The predicted octanol–water partition coefficient (Wildman–Crippen LogP) is 4.50. The minimum absolute atomic E-state index is 0.618. The smallest absolute Gasteiger partial charge is 0.241 e. The van der Waals surface area contributed by atoms with Crippen molar-refractivity contribution >= 4 is 11.6 Å². The first-order valence-corrected chi connectivity index (χ1v) is 10.8. The van der Waals surface area contributed by atoms with Crippen LogP contribution >= 0.6 is 11.6 Å². The Hall–Kier alpha value is -2.41. The van der Waals surface area contributed by atoms with Crippen LogP contribution in [0.15, 0.2) is 53.1 Å². The molecule has 1 saturated heterocycles. The van der Waals surface area contributed by atoms with Crippen molar-refractivity contribution in [2.75, 3.05) is 32.8 Å². The first-order valence-electron chi connectivity index (χ1n) is 10.4. The summed E-state index contributed by atoms with van der Waals surface area (Å²) in [5, 5.41) is 4.94. The Balaban J connectivity index is 1.31. The SMILES string of the molecule is CCOc1ccc(-c2noc(CN3CCCN(Cc4ccc(Cl)cc4)CC3)n2)cc1. The van der Waals surface area contributed by atoms with Gasteiger partial charge in [0, 0.05) is 30.2 Å². The lowest BCUT2D eigenvalue weighted by atomic mass is 10.2. The third kappa shape index (κ3) is 5.59. The summed E-state index contributed by atoms with van der Waals surface area (Å²) < 4.78 is 11.0. The van der Waals surface area contributed by atoms with Crippen LogP contribution in [-0.4, -0.2) is 52.7 Å². The lowest BCUT2D eigenvalue weighted by molar-refractivity contribution is 0.222. The first kappa shape index (κ1) is 20.8. The Morgan fingerprint density at radius 1 is 0.933 bits per heavy atom. The van der Waals surface area contributed by atoms with E-state index in [1.165, 1.54) is 5.56 Å². The second-order valence-corrected chi connectivity index (χ2v) is 7.94. The zero-order valence-electron chi connectivity index (χ0n) is 17.3. The van der Waals surface area contributed by atoms with Gasteiger partial charge in [0.15, 0.2) is 0 Å². The van der Waals surface area contributed by atoms with Crippen molar-refractivity contribution in [1.29, 1.82) is 0 Å². The van der Waals surface area contributed by atoms with Crippen LogP contribution in [0, 0.1) is 0 Å². The van der Waals surface area contributed by atoms with Crippen molar-refractivity contribution in [2.24, 2.45) is 0 Å². The van der Waals surface area contributed by atoms with Gasteiger partial charge in [0.25, 0.3) is 0 Å². The van der Waals surface area contributed by atoms with E-state index in [1.54, 1.807) is 0 Å². The molecule has 0 bridgehead atoms. The number of halogens is 1. The summed E-state index contributed by atoms with van der Waals surface area (Å²) in [6.07, 6.45) is 1.12. The molecule has 0 aliphatic carbocycles. The van der Waals surface area contributed by atoms with Gasteiger partial charge in [-0.25, -0.2) is 0 Å². The molecule has 1 aromatic heterocycles. The molecule has 7 heteroatoms. The second-order valence-electron chi connectivity index (χ2n) is 7.50. The van der Waals surface area contributed by atoms with Gasteiger partial charge in [0.05, 0.1) is 13.2 Å². The van der Waals surface area contributed by atoms with E-state index >= 15 is 0 Å². The predicted molar refractivity (Wildman–Crippen MR) is 118 cm³/mol. The molecule has 2 aromatic carbocycles. The summed E-state index contributed by atoms with van der Waals surface area (Å²) in [7, 11) is 0. The molecule has 3 aromatic rings. The van der Waals surface area contributed by atoms with E-state index in [0.29, 0.717) is 24.9 Å². The highest BCUT2D eigenvalue weighted by molar-refractivity contribution is 6.30. The topological polar surface area (TPSA) is 54.6 Å². The largest absolute Gasteiger partial charge is 0.494 e. The van der Waals surface area contributed by atoms with E-state index in [-0.39, 0.29) is 0 Å². The number of aromatic nitrogens is 2. The Morgan fingerprint density at radius 3 is 2.33 bits per heavy atom. The monoisotopic (exact) mass is 426 g/mol. The molecule has 1 fully saturated rings. The Kier molecular flexibility index (Phi) is 7.00. The van der Waals surface area contributed by atoms with Gasteiger partial charge in [-0.15, -0.1) is 0 Å². The number of hydrogen-bond donors (Lipinski definition) is 0. The van der Waals surface area contributed by atoms with Crippen molar-refractivity contribution < 1.29 is 9.26 Å². The fourth-order valence-electron chi connectivity index (χ4n) is 3.68. The average Bonchev–Trinajstić information content (AvgIpc) is 3.11. The van der Waals surface area contributed by atoms with Gasteiger partial charge in [-0.05, 0) is 68.4 Å². The molecule has 0 N–H and O–H groups in total. The van der Waals surface area contributed by atoms with Gasteiger partial charge in [-0.3, -0.25) is 9.80 Å². The highest BCUT2D eigenvalue weighted by Gasteiger charge is 2.18.